The second-order valence-corrected chi connectivity index (χ2v) is 5.01. The van der Waals surface area contributed by atoms with Crippen molar-refractivity contribution in [3.8, 4) is 0 Å². The van der Waals surface area contributed by atoms with Gasteiger partial charge in [-0.25, -0.2) is 0 Å². The third-order valence-corrected chi connectivity index (χ3v) is 3.14. The molecule has 1 unspecified atom stereocenters. The Labute approximate surface area is 119 Å². The van der Waals surface area contributed by atoms with Crippen molar-refractivity contribution in [1.29, 1.82) is 0 Å². The van der Waals surface area contributed by atoms with Gasteiger partial charge in [0.15, 0.2) is 0 Å². The number of carbonyl (C=O) groups excluding carboxylic acids is 1. The Hall–Kier alpha value is -2.10. The van der Waals surface area contributed by atoms with Gasteiger partial charge in [0.2, 0.25) is 5.91 Å². The quantitative estimate of drug-likeness (QED) is 0.784. The summed E-state index contributed by atoms with van der Waals surface area (Å²) in [6.07, 6.45) is 3.67. The zero-order valence-corrected chi connectivity index (χ0v) is 12.1. The molecule has 0 fully saturated rings. The summed E-state index contributed by atoms with van der Waals surface area (Å²) < 4.78 is 0. The lowest BCUT2D eigenvalue weighted by Crippen LogP contribution is -2.25. The Bertz CT molecular complexity index is 520. The first-order valence-corrected chi connectivity index (χ1v) is 6.66. The molecule has 1 atom stereocenters. The Morgan fingerprint density at radius 3 is 2.65 bits per heavy atom. The molecule has 1 aromatic carbocycles. The Morgan fingerprint density at radius 1 is 1.35 bits per heavy atom. The molecule has 1 rings (SSSR count). The first kappa shape index (κ1) is 16.0. The number of aryl methyl sites for hydroxylation is 2. The number of amides is 1. The van der Waals surface area contributed by atoms with Crippen molar-refractivity contribution in [2.45, 2.75) is 27.2 Å². The van der Waals surface area contributed by atoms with Crippen LogP contribution < -0.4 is 5.32 Å². The molecule has 4 nitrogen and oxygen atoms in total. The van der Waals surface area contributed by atoms with E-state index in [9.17, 15) is 9.59 Å². The van der Waals surface area contributed by atoms with E-state index >= 15 is 0 Å². The second kappa shape index (κ2) is 7.48. The van der Waals surface area contributed by atoms with Gasteiger partial charge >= 0.3 is 5.97 Å². The molecule has 0 saturated carbocycles. The van der Waals surface area contributed by atoms with Crippen LogP contribution in [0, 0.1) is 19.8 Å². The van der Waals surface area contributed by atoms with E-state index in [1.165, 1.54) is 11.6 Å². The lowest BCUT2D eigenvalue weighted by molar-refractivity contribution is -0.141. The van der Waals surface area contributed by atoms with E-state index in [0.717, 1.165) is 11.1 Å². The Morgan fingerprint density at radius 2 is 2.05 bits per heavy atom. The van der Waals surface area contributed by atoms with Crippen LogP contribution in [-0.4, -0.2) is 23.5 Å². The van der Waals surface area contributed by atoms with E-state index in [1.54, 1.807) is 13.0 Å². The molecule has 4 heteroatoms. The van der Waals surface area contributed by atoms with Crippen molar-refractivity contribution in [3.63, 3.8) is 0 Å². The summed E-state index contributed by atoms with van der Waals surface area (Å²) in [4.78, 5) is 22.2. The van der Waals surface area contributed by atoms with E-state index in [0.29, 0.717) is 13.0 Å². The fraction of sp³-hybridized carbons (Fsp3) is 0.375. The SMILES string of the molecule is Cc1ccc(/C=C/C(=O)NCCC(C)C(=O)O)c(C)c1. The highest BCUT2D eigenvalue weighted by molar-refractivity contribution is 5.91. The molecule has 108 valence electrons. The predicted molar refractivity (Wildman–Crippen MR) is 79.4 cm³/mol. The fourth-order valence-corrected chi connectivity index (χ4v) is 1.77. The van der Waals surface area contributed by atoms with Gasteiger partial charge in [-0.2, -0.15) is 0 Å². The van der Waals surface area contributed by atoms with Gasteiger partial charge in [0.1, 0.15) is 0 Å². The average Bonchev–Trinajstić information content (AvgIpc) is 2.37. The van der Waals surface area contributed by atoms with Crippen LogP contribution in [0.2, 0.25) is 0 Å². The van der Waals surface area contributed by atoms with E-state index in [4.69, 9.17) is 5.11 Å². The van der Waals surface area contributed by atoms with E-state index in [1.807, 2.05) is 26.0 Å². The second-order valence-electron chi connectivity index (χ2n) is 5.01. The summed E-state index contributed by atoms with van der Waals surface area (Å²) in [6, 6.07) is 6.03. The normalized spacial score (nSPS) is 12.3. The number of carboxylic acids is 1. The summed E-state index contributed by atoms with van der Waals surface area (Å²) in [5.41, 5.74) is 3.31. The largest absolute Gasteiger partial charge is 0.481 e. The molecule has 0 aliphatic carbocycles. The van der Waals surface area contributed by atoms with Crippen LogP contribution >= 0.6 is 0 Å². The number of benzene rings is 1. The summed E-state index contributed by atoms with van der Waals surface area (Å²) in [5, 5.41) is 11.4. The molecule has 0 aliphatic heterocycles. The topological polar surface area (TPSA) is 66.4 Å². The van der Waals surface area contributed by atoms with Crippen molar-refractivity contribution in [2.24, 2.45) is 5.92 Å². The average molecular weight is 275 g/mol. The summed E-state index contributed by atoms with van der Waals surface area (Å²) in [6.45, 7) is 6.01. The molecule has 2 N–H and O–H groups in total. The first-order valence-electron chi connectivity index (χ1n) is 6.66. The number of nitrogens with one attached hydrogen (secondary N) is 1. The van der Waals surface area contributed by atoms with E-state index in [2.05, 4.69) is 11.4 Å². The maximum Gasteiger partial charge on any atom is 0.306 e. The molecule has 20 heavy (non-hydrogen) atoms. The number of carboxylic acid groups (broad SMARTS) is 1. The number of hydrogen-bond donors (Lipinski definition) is 2. The van der Waals surface area contributed by atoms with Gasteiger partial charge in [-0.15, -0.1) is 0 Å². The van der Waals surface area contributed by atoms with Crippen LogP contribution in [-0.2, 0) is 9.59 Å². The van der Waals surface area contributed by atoms with Gasteiger partial charge in [-0.1, -0.05) is 30.7 Å². The van der Waals surface area contributed by atoms with Crippen LogP contribution in [0.15, 0.2) is 24.3 Å². The van der Waals surface area contributed by atoms with Crippen LogP contribution in [0.4, 0.5) is 0 Å². The van der Waals surface area contributed by atoms with E-state index < -0.39 is 11.9 Å². The number of aliphatic carboxylic acids is 1. The Kier molecular flexibility index (Phi) is 5.97. The molecule has 0 heterocycles. The smallest absolute Gasteiger partial charge is 0.306 e. The molecule has 0 saturated heterocycles. The predicted octanol–water partition coefficient (Wildman–Crippen LogP) is 2.54. The minimum atomic E-state index is -0.843. The summed E-state index contributed by atoms with van der Waals surface area (Å²) in [7, 11) is 0. The zero-order valence-electron chi connectivity index (χ0n) is 12.1. The van der Waals surface area contributed by atoms with E-state index in [-0.39, 0.29) is 5.91 Å². The number of rotatable bonds is 6. The fourth-order valence-electron chi connectivity index (χ4n) is 1.77. The lowest BCUT2D eigenvalue weighted by Gasteiger charge is -2.06. The third kappa shape index (κ3) is 5.26. The van der Waals surface area contributed by atoms with Crippen LogP contribution in [0.25, 0.3) is 6.08 Å². The summed E-state index contributed by atoms with van der Waals surface area (Å²) in [5.74, 6) is -1.49. The molecule has 0 radical (unpaired) electrons. The van der Waals surface area contributed by atoms with Gasteiger partial charge in [0.05, 0.1) is 5.92 Å². The first-order chi connectivity index (χ1) is 9.40. The minimum Gasteiger partial charge on any atom is -0.481 e. The molecule has 0 aliphatic rings. The van der Waals surface area contributed by atoms with Gasteiger partial charge in [-0.3, -0.25) is 9.59 Å². The third-order valence-electron chi connectivity index (χ3n) is 3.14. The molecule has 1 aromatic rings. The lowest BCUT2D eigenvalue weighted by atomic mass is 10.1. The zero-order chi connectivity index (χ0) is 15.1. The highest BCUT2D eigenvalue weighted by Crippen LogP contribution is 2.11. The highest BCUT2D eigenvalue weighted by Gasteiger charge is 2.10. The number of hydrogen-bond acceptors (Lipinski definition) is 2. The molecular formula is C16H21NO3. The van der Waals surface area contributed by atoms with Gasteiger partial charge in [0, 0.05) is 12.6 Å². The Balaban J connectivity index is 2.46. The van der Waals surface area contributed by atoms with Gasteiger partial charge < -0.3 is 10.4 Å². The standard InChI is InChI=1S/C16H21NO3/c1-11-4-5-14(13(3)10-11)6-7-15(18)17-9-8-12(2)16(19)20/h4-7,10,12H,8-9H2,1-3H3,(H,17,18)(H,19,20)/b7-6+. The van der Waals surface area contributed by atoms with Gasteiger partial charge in [-0.05, 0) is 37.5 Å². The molecule has 1 amide bonds. The summed E-state index contributed by atoms with van der Waals surface area (Å²) >= 11 is 0. The minimum absolute atomic E-state index is 0.206. The monoisotopic (exact) mass is 275 g/mol. The van der Waals surface area contributed by atoms with Crippen molar-refractivity contribution in [2.75, 3.05) is 6.54 Å². The maximum atomic E-state index is 11.6. The van der Waals surface area contributed by atoms with Crippen LogP contribution in [0.1, 0.15) is 30.0 Å². The van der Waals surface area contributed by atoms with Gasteiger partial charge in [0.25, 0.3) is 0 Å². The maximum absolute atomic E-state index is 11.6. The van der Waals surface area contributed by atoms with Crippen LogP contribution in [0.3, 0.4) is 0 Å². The van der Waals surface area contributed by atoms with Crippen molar-refractivity contribution < 1.29 is 14.7 Å². The molecule has 0 spiro atoms. The van der Waals surface area contributed by atoms with Crippen LogP contribution in [0.5, 0.6) is 0 Å². The van der Waals surface area contributed by atoms with Crippen molar-refractivity contribution in [3.05, 3.63) is 41.0 Å². The molecule has 0 aromatic heterocycles. The van der Waals surface area contributed by atoms with Crippen molar-refractivity contribution in [1.82, 2.24) is 5.32 Å². The number of carbonyl (C=O) groups is 2. The highest BCUT2D eigenvalue weighted by atomic mass is 16.4. The molecule has 0 bridgehead atoms. The molecular weight excluding hydrogens is 254 g/mol. The van der Waals surface area contributed by atoms with Crippen molar-refractivity contribution >= 4 is 18.0 Å².